The van der Waals surface area contributed by atoms with E-state index in [2.05, 4.69) is 41.2 Å². The van der Waals surface area contributed by atoms with Crippen molar-refractivity contribution < 1.29 is 89.7 Å². The predicted octanol–water partition coefficient (Wildman–Crippen LogP) is -0.417. The molecule has 65 heavy (non-hydrogen) atoms. The van der Waals surface area contributed by atoms with Crippen molar-refractivity contribution >= 4 is 0 Å². The molecule has 25 atom stereocenters. The molecule has 4 saturated carbocycles. The van der Waals surface area contributed by atoms with E-state index < -0.39 is 135 Å². The summed E-state index contributed by atoms with van der Waals surface area (Å²) in [6.07, 6.45) is -18.6. The first-order valence-electron chi connectivity index (χ1n) is 23.9. The third-order valence-corrected chi connectivity index (χ3v) is 18.6. The van der Waals surface area contributed by atoms with Crippen LogP contribution in [0, 0.1) is 45.3 Å². The van der Waals surface area contributed by atoms with Crippen LogP contribution < -0.4 is 0 Å². The second-order valence-corrected chi connectivity index (χ2v) is 22.6. The van der Waals surface area contributed by atoms with E-state index >= 15 is 0 Å². The average Bonchev–Trinajstić information content (AvgIpc) is 3.64. The fraction of sp³-hybridized carbons (Fsp3) is 0.957. The molecular formula is C47H80O18. The van der Waals surface area contributed by atoms with E-state index in [1.54, 1.807) is 6.92 Å². The summed E-state index contributed by atoms with van der Waals surface area (Å²) < 4.78 is 36.4. The van der Waals surface area contributed by atoms with Crippen LogP contribution >= 0.6 is 0 Å². The van der Waals surface area contributed by atoms with Crippen LogP contribution in [0.1, 0.15) is 106 Å². The summed E-state index contributed by atoms with van der Waals surface area (Å²) in [6.45, 7) is 17.0. The fourth-order valence-corrected chi connectivity index (χ4v) is 14.5. The molecule has 3 saturated heterocycles. The summed E-state index contributed by atoms with van der Waals surface area (Å²) in [7, 11) is 0. The van der Waals surface area contributed by atoms with Crippen LogP contribution in [0.3, 0.4) is 0 Å². The number of ether oxygens (including phenoxy) is 6. The summed E-state index contributed by atoms with van der Waals surface area (Å²) in [4.78, 5) is 0. The third-order valence-electron chi connectivity index (χ3n) is 18.6. The van der Waals surface area contributed by atoms with E-state index in [9.17, 15) is 61.3 Å². The molecule has 12 N–H and O–H groups in total. The lowest BCUT2D eigenvalue weighted by molar-refractivity contribution is -0.395. The number of fused-ring (bicyclic) bond motifs is 5. The second kappa shape index (κ2) is 19.0. The second-order valence-electron chi connectivity index (χ2n) is 22.6. The maximum absolute atomic E-state index is 12.3. The summed E-state index contributed by atoms with van der Waals surface area (Å²) in [5.41, 5.74) is -1.62. The molecule has 4 aliphatic carbocycles. The Morgan fingerprint density at radius 1 is 0.692 bits per heavy atom. The number of aliphatic hydroxyl groups is 12. The molecule has 3 heterocycles. The van der Waals surface area contributed by atoms with Crippen molar-refractivity contribution in [3.8, 4) is 0 Å². The highest BCUT2D eigenvalue weighted by Gasteiger charge is 2.72. The fourth-order valence-electron chi connectivity index (χ4n) is 14.5. The van der Waals surface area contributed by atoms with Gasteiger partial charge in [-0.3, -0.25) is 0 Å². The minimum absolute atomic E-state index is 0.0902. The van der Waals surface area contributed by atoms with Crippen molar-refractivity contribution in [3.05, 3.63) is 12.2 Å². The van der Waals surface area contributed by atoms with Crippen molar-refractivity contribution in [2.45, 2.75) is 216 Å². The van der Waals surface area contributed by atoms with Gasteiger partial charge in [-0.2, -0.15) is 0 Å². The van der Waals surface area contributed by atoms with Gasteiger partial charge in [0.1, 0.15) is 67.1 Å². The Labute approximate surface area is 382 Å². The van der Waals surface area contributed by atoms with Gasteiger partial charge >= 0.3 is 0 Å². The molecule has 0 spiro atoms. The van der Waals surface area contributed by atoms with Gasteiger partial charge in [-0.1, -0.05) is 46.8 Å². The largest absolute Gasteiger partial charge is 0.394 e. The zero-order valence-electron chi connectivity index (χ0n) is 39.1. The van der Waals surface area contributed by atoms with Gasteiger partial charge in [0, 0.05) is 0 Å². The Bertz CT molecular complexity index is 1650. The van der Waals surface area contributed by atoms with Crippen LogP contribution in [0.15, 0.2) is 12.2 Å². The van der Waals surface area contributed by atoms with Crippen molar-refractivity contribution in [2.75, 3.05) is 19.8 Å². The number of hydrogen-bond acceptors (Lipinski definition) is 18. The first kappa shape index (κ1) is 51.9. The van der Waals surface area contributed by atoms with E-state index in [-0.39, 0.29) is 39.9 Å². The Morgan fingerprint density at radius 2 is 1.25 bits per heavy atom. The molecule has 0 aromatic carbocycles. The highest BCUT2D eigenvalue weighted by atomic mass is 16.8. The minimum Gasteiger partial charge on any atom is -0.394 e. The van der Waals surface area contributed by atoms with Crippen molar-refractivity contribution in [3.63, 3.8) is 0 Å². The SMILES string of the molecule is C=C(C)C(O)CC[C@](C)(O)[C@H]1CC[C@]2(C)[C@@H]1[C@H](O)C[C@@H]1[C@@]3(C)CC[C@H](O[C@@H]4O[C@H](CO)[C@@H](O)[C@H](O)[C@H]4O[C@@H]4O[C@H](CO)[C@@H](O)[C@H](O)[C@H]4O[C@@H]4OC[C@@H](O)[C@H](O)[C@H]4O)C(C)(C)[C@@H]3CC[C@]12C. The number of rotatable bonds is 13. The molecule has 7 rings (SSSR count). The van der Waals surface area contributed by atoms with Crippen LogP contribution in [0.5, 0.6) is 0 Å². The molecular weight excluding hydrogens is 852 g/mol. The number of aliphatic hydroxyl groups excluding tert-OH is 11. The molecule has 3 aliphatic heterocycles. The monoisotopic (exact) mass is 933 g/mol. The Morgan fingerprint density at radius 3 is 1.82 bits per heavy atom. The van der Waals surface area contributed by atoms with E-state index in [1.165, 1.54) is 0 Å². The lowest BCUT2D eigenvalue weighted by Gasteiger charge is -2.70. The molecule has 1 unspecified atom stereocenters. The van der Waals surface area contributed by atoms with Crippen molar-refractivity contribution in [1.82, 2.24) is 0 Å². The molecule has 0 aromatic heterocycles. The average molecular weight is 933 g/mol. The molecule has 0 amide bonds. The summed E-state index contributed by atoms with van der Waals surface area (Å²) in [6, 6.07) is 0. The predicted molar refractivity (Wildman–Crippen MR) is 229 cm³/mol. The lowest BCUT2D eigenvalue weighted by atomic mass is 9.35. The molecule has 7 aliphatic rings. The standard InChI is InChI=1S/C47H80O18/c1-21(2)23(50)10-16-47(8,59)22-9-14-46(7)31(22)24(51)17-29-44(5)13-12-30(43(3,4)28(44)11-15-45(29,46)6)63-41-38(35(56)33(54)26(18-48)61-41)65-42-39(36(57)34(55)27(19-49)62-42)64-40-37(58)32(53)25(52)20-60-40/h22-42,48-59H,1,9-20H2,2-8H3/t22-,23?,24+,25+,26+,27+,28-,29+,30-,31-,32-,33+,34+,35-,36-,37+,38+,39+,40-,41-,42-,44-,45+,46+,47-/m0/s1. The van der Waals surface area contributed by atoms with Crippen molar-refractivity contribution in [2.24, 2.45) is 45.3 Å². The maximum atomic E-state index is 12.3. The topological polar surface area (TPSA) is 298 Å². The van der Waals surface area contributed by atoms with Gasteiger partial charge in [-0.05, 0) is 117 Å². The number of hydrogen-bond donors (Lipinski definition) is 12. The molecule has 18 heteroatoms. The van der Waals surface area contributed by atoms with E-state index in [1.807, 2.05) is 6.92 Å². The van der Waals surface area contributed by atoms with E-state index in [0.29, 0.717) is 31.3 Å². The van der Waals surface area contributed by atoms with Crippen LogP contribution in [-0.4, -0.2) is 191 Å². The van der Waals surface area contributed by atoms with Crippen LogP contribution in [0.4, 0.5) is 0 Å². The van der Waals surface area contributed by atoms with E-state index in [4.69, 9.17) is 28.4 Å². The minimum atomic E-state index is -1.84. The van der Waals surface area contributed by atoms with Gasteiger partial charge in [0.25, 0.3) is 0 Å². The zero-order chi connectivity index (χ0) is 47.9. The molecule has 7 fully saturated rings. The van der Waals surface area contributed by atoms with Gasteiger partial charge in [0.15, 0.2) is 18.9 Å². The summed E-state index contributed by atoms with van der Waals surface area (Å²) in [5.74, 6) is -0.0316. The molecule has 0 radical (unpaired) electrons. The summed E-state index contributed by atoms with van der Waals surface area (Å²) >= 11 is 0. The first-order valence-corrected chi connectivity index (χ1v) is 23.9. The lowest BCUT2D eigenvalue weighted by Crippen LogP contribution is -2.68. The molecule has 0 aromatic rings. The highest BCUT2D eigenvalue weighted by molar-refractivity contribution is 5.20. The first-order chi connectivity index (χ1) is 30.3. The van der Waals surface area contributed by atoms with Crippen LogP contribution in [0.2, 0.25) is 0 Å². The normalized spacial score (nSPS) is 52.4. The van der Waals surface area contributed by atoms with Gasteiger partial charge in [0.05, 0.1) is 43.7 Å². The molecule has 0 bridgehead atoms. The molecule has 18 nitrogen and oxygen atoms in total. The van der Waals surface area contributed by atoms with E-state index in [0.717, 1.165) is 32.1 Å². The van der Waals surface area contributed by atoms with Crippen LogP contribution in [-0.2, 0) is 28.4 Å². The Hall–Kier alpha value is -0.980. The molecule has 376 valence electrons. The smallest absolute Gasteiger partial charge is 0.187 e. The van der Waals surface area contributed by atoms with Crippen molar-refractivity contribution in [1.29, 1.82) is 0 Å². The van der Waals surface area contributed by atoms with Gasteiger partial charge in [-0.25, -0.2) is 0 Å². The third kappa shape index (κ3) is 8.83. The Balaban J connectivity index is 1.11. The quantitative estimate of drug-likeness (QED) is 0.0825. The maximum Gasteiger partial charge on any atom is 0.187 e. The highest BCUT2D eigenvalue weighted by Crippen LogP contribution is 2.76. The van der Waals surface area contributed by atoms with Gasteiger partial charge in [0.2, 0.25) is 0 Å². The zero-order valence-corrected chi connectivity index (χ0v) is 39.1. The van der Waals surface area contributed by atoms with Gasteiger partial charge < -0.3 is 89.7 Å². The summed E-state index contributed by atoms with van der Waals surface area (Å²) in [5, 5.41) is 131. The van der Waals surface area contributed by atoms with Crippen LogP contribution in [0.25, 0.3) is 0 Å². The van der Waals surface area contributed by atoms with Gasteiger partial charge in [-0.15, -0.1) is 0 Å². The Kier molecular flexibility index (Phi) is 15.1.